The largest absolute Gasteiger partial charge is 1.00 e. The van der Waals surface area contributed by atoms with Gasteiger partial charge in [-0.15, -0.1) is 0 Å². The van der Waals surface area contributed by atoms with Crippen LogP contribution in [-0.4, -0.2) is 28.9 Å². The van der Waals surface area contributed by atoms with E-state index in [0.29, 0.717) is 6.47 Å². The van der Waals surface area contributed by atoms with Gasteiger partial charge in [0.25, 0.3) is 0 Å². The van der Waals surface area contributed by atoms with Crippen LogP contribution < -0.4 is 0 Å². The Bertz CT molecular complexity index is 13.5. The Balaban J connectivity index is 0. The van der Waals surface area contributed by atoms with Crippen molar-refractivity contribution < 1.29 is 9.90 Å². The van der Waals surface area contributed by atoms with Crippen molar-refractivity contribution in [2.75, 3.05) is 0 Å². The molecule has 0 aliphatic heterocycles. The van der Waals surface area contributed by atoms with Crippen LogP contribution in [0.15, 0.2) is 0 Å². The van der Waals surface area contributed by atoms with Gasteiger partial charge in [-0.25, -0.2) is 0 Å². The molecule has 0 aromatic carbocycles. The summed E-state index contributed by atoms with van der Waals surface area (Å²) in [4.78, 5) is 8.24. The number of rotatable bonds is 0. The van der Waals surface area contributed by atoms with Gasteiger partial charge in [0, 0.05) is 0 Å². The zero-order chi connectivity index (χ0) is 2.71. The van der Waals surface area contributed by atoms with Gasteiger partial charge in [-0.3, -0.25) is 0 Å². The molecule has 2 radical (unpaired) electrons. The Labute approximate surface area is 34.6 Å². The molecule has 0 unspecified atom stereocenters. The maximum absolute atomic E-state index is 8.24. The van der Waals surface area contributed by atoms with Crippen molar-refractivity contribution in [1.29, 1.82) is 0 Å². The standard InChI is InChI=1S/CHO2.Al/c2-1-3;/h(H,2,3);/q-1;+1. The molecule has 4 heavy (non-hydrogen) atoms. The van der Waals surface area contributed by atoms with Gasteiger partial charge in [-0.05, 0) is 0 Å². The second-order valence-corrected chi connectivity index (χ2v) is 0.0913. The van der Waals surface area contributed by atoms with E-state index in [1.807, 2.05) is 0 Å². The molecule has 0 rings (SSSR count). The van der Waals surface area contributed by atoms with E-state index in [9.17, 15) is 0 Å². The fourth-order valence-electron chi connectivity index (χ4n) is 0. The molecule has 0 saturated carbocycles. The van der Waals surface area contributed by atoms with Crippen molar-refractivity contribution in [2.45, 2.75) is 0 Å². The molecule has 0 aliphatic carbocycles. The van der Waals surface area contributed by atoms with Crippen LogP contribution >= 0.6 is 0 Å². The van der Waals surface area contributed by atoms with Crippen LogP contribution in [0.3, 0.4) is 0 Å². The summed E-state index contributed by atoms with van der Waals surface area (Å²) in [7, 11) is 0. The van der Waals surface area contributed by atoms with Gasteiger partial charge in [-0.2, -0.15) is 0 Å². The quantitative estimate of drug-likeness (QED) is 0.301. The Kier molecular flexibility index (Phi) is 27.0. The van der Waals surface area contributed by atoms with Crippen LogP contribution in [0.5, 0.6) is 0 Å². The molecule has 0 amide bonds. The van der Waals surface area contributed by atoms with E-state index in [1.165, 1.54) is 0 Å². The van der Waals surface area contributed by atoms with Gasteiger partial charge < -0.3 is 9.90 Å². The van der Waals surface area contributed by atoms with Crippen LogP contribution in [0.4, 0.5) is 0 Å². The van der Waals surface area contributed by atoms with Crippen molar-refractivity contribution in [1.82, 2.24) is 0 Å². The van der Waals surface area contributed by atoms with Gasteiger partial charge in [0.2, 0.25) is 0 Å². The summed E-state index contributed by atoms with van der Waals surface area (Å²) in [5, 5.41) is 6.76. The molecule has 0 saturated heterocycles. The third-order valence-corrected chi connectivity index (χ3v) is 0. The number of hydrogen-bond donors (Lipinski definition) is 1. The van der Waals surface area contributed by atoms with Crippen LogP contribution in [0.1, 0.15) is 0 Å². The third-order valence-electron chi connectivity index (χ3n) is 0. The first-order valence-corrected chi connectivity index (χ1v) is 0.428. The Morgan fingerprint density at radius 3 is 1.75 bits per heavy atom. The second kappa shape index (κ2) is 12.0. The molecule has 0 aromatic heterocycles. The second-order valence-electron chi connectivity index (χ2n) is 0.0913. The van der Waals surface area contributed by atoms with E-state index in [1.54, 1.807) is 0 Å². The zero-order valence-electron chi connectivity index (χ0n) is 1.93. The SMILES string of the molecule is O=[C-]O.[Al+]. The minimum atomic E-state index is 0. The van der Waals surface area contributed by atoms with Crippen LogP contribution in [0.2, 0.25) is 0 Å². The van der Waals surface area contributed by atoms with E-state index in [2.05, 4.69) is 0 Å². The molecule has 20 valence electrons. The van der Waals surface area contributed by atoms with Gasteiger partial charge >= 0.3 is 17.4 Å². The summed E-state index contributed by atoms with van der Waals surface area (Å²) in [6, 6.07) is 0. The first kappa shape index (κ1) is 9.00. The predicted molar refractivity (Wildman–Crippen MR) is 14.1 cm³/mol. The molecule has 3 heteroatoms. The molecule has 0 bridgehead atoms. The first-order chi connectivity index (χ1) is 1.41. The van der Waals surface area contributed by atoms with Crippen LogP contribution in [-0.2, 0) is 4.79 Å². The molecule has 0 fully saturated rings. The average Bonchev–Trinajstić information content (AvgIpc) is 0.918. The smallest absolute Gasteiger partial charge is 0.665 e. The van der Waals surface area contributed by atoms with E-state index in [4.69, 9.17) is 9.90 Å². The van der Waals surface area contributed by atoms with Crippen molar-refractivity contribution >= 4 is 23.8 Å². The normalized spacial score (nSPS) is 3.00. The fraction of sp³-hybridized carbons (Fsp3) is 0. The Hall–Kier alpha value is 0.00247. The summed E-state index contributed by atoms with van der Waals surface area (Å²) in [6.07, 6.45) is 0. The molecule has 2 nitrogen and oxygen atoms in total. The van der Waals surface area contributed by atoms with Gasteiger partial charge in [0.1, 0.15) is 0 Å². The van der Waals surface area contributed by atoms with E-state index >= 15 is 0 Å². The van der Waals surface area contributed by atoms with Crippen LogP contribution in [0.25, 0.3) is 0 Å². The number of aliphatic hydroxyl groups excluding tert-OH is 1. The maximum Gasteiger partial charge on any atom is 1.00 e. The maximum atomic E-state index is 8.24. The van der Waals surface area contributed by atoms with Crippen LogP contribution in [0, 0.1) is 0 Å². The van der Waals surface area contributed by atoms with Crippen molar-refractivity contribution in [3.05, 3.63) is 0 Å². The van der Waals surface area contributed by atoms with E-state index in [-0.39, 0.29) is 17.4 Å². The molecule has 0 aliphatic rings. The third kappa shape index (κ3) is 331000. The molecular formula is CHAlO2. The van der Waals surface area contributed by atoms with Crippen molar-refractivity contribution in [3.8, 4) is 0 Å². The summed E-state index contributed by atoms with van der Waals surface area (Å²) in [5.41, 5.74) is 0. The number of hydrogen-bond acceptors (Lipinski definition) is 1. The van der Waals surface area contributed by atoms with E-state index in [0.717, 1.165) is 0 Å². The molecule has 0 spiro atoms. The molecule has 1 N–H and O–H groups in total. The first-order valence-electron chi connectivity index (χ1n) is 0.428. The summed E-state index contributed by atoms with van der Waals surface area (Å²) in [6.45, 7) is 0.500. The van der Waals surface area contributed by atoms with E-state index < -0.39 is 0 Å². The minimum absolute atomic E-state index is 0. The molecular weight excluding hydrogens is 71.0 g/mol. The van der Waals surface area contributed by atoms with Crippen molar-refractivity contribution in [3.63, 3.8) is 0 Å². The monoisotopic (exact) mass is 72.0 g/mol. The van der Waals surface area contributed by atoms with Gasteiger partial charge in [-0.1, -0.05) is 6.47 Å². The van der Waals surface area contributed by atoms with Gasteiger partial charge in [0.05, 0.1) is 0 Å². The Morgan fingerprint density at radius 1 is 1.75 bits per heavy atom. The molecule has 0 aromatic rings. The topological polar surface area (TPSA) is 37.3 Å². The summed E-state index contributed by atoms with van der Waals surface area (Å²) < 4.78 is 0. The summed E-state index contributed by atoms with van der Waals surface area (Å²) >= 11 is 0. The molecule has 0 heterocycles. The van der Waals surface area contributed by atoms with Crippen molar-refractivity contribution in [2.24, 2.45) is 0 Å². The predicted octanol–water partition coefficient (Wildman–Crippen LogP) is -0.769. The summed E-state index contributed by atoms with van der Waals surface area (Å²) in [5.74, 6) is 0. The molecule has 0 atom stereocenters. The average molecular weight is 72.0 g/mol. The zero-order valence-corrected chi connectivity index (χ0v) is 3.09. The minimum Gasteiger partial charge on any atom is -0.665 e. The Morgan fingerprint density at radius 2 is 1.75 bits per heavy atom. The van der Waals surface area contributed by atoms with Gasteiger partial charge in [0.15, 0.2) is 0 Å². The fourth-order valence-corrected chi connectivity index (χ4v) is 0.